The van der Waals surface area contributed by atoms with E-state index in [2.05, 4.69) is 61.1 Å². The van der Waals surface area contributed by atoms with Gasteiger partial charge in [-0.1, -0.05) is 111 Å². The van der Waals surface area contributed by atoms with E-state index in [0.717, 1.165) is 47.8 Å². The highest BCUT2D eigenvalue weighted by Gasteiger charge is 2.38. The maximum atomic E-state index is 11.6. The molecule has 0 aliphatic heterocycles. The van der Waals surface area contributed by atoms with E-state index in [4.69, 9.17) is 0 Å². The summed E-state index contributed by atoms with van der Waals surface area (Å²) < 4.78 is 0. The van der Waals surface area contributed by atoms with E-state index in [1.54, 1.807) is 0 Å². The standard InChI is InChI=1S/C37H68O/c1-9-14-27(5)16-13-17-36(35(12-4)32-22-18-28(6)19-23-32)34(11-3)30(8)37(38)25-24-31-21-20-29(7)26-33(31)15-10-2/h9,14,28-38H,1,10-13,15-26H2,2-8H3/b27-14-/t28?,29-,30?,31+,32?,33?,34?,35?,36+,37-/m1/s1. The summed E-state index contributed by atoms with van der Waals surface area (Å²) in [5.41, 5.74) is 1.46. The first-order valence-corrected chi connectivity index (χ1v) is 17.2. The van der Waals surface area contributed by atoms with Gasteiger partial charge in [-0.05, 0) is 118 Å². The lowest BCUT2D eigenvalue weighted by Gasteiger charge is -2.43. The van der Waals surface area contributed by atoms with Gasteiger partial charge in [0, 0.05) is 0 Å². The first-order chi connectivity index (χ1) is 18.2. The molecule has 2 rings (SSSR count). The molecule has 1 nitrogen and oxygen atoms in total. The minimum absolute atomic E-state index is 0.143. The Morgan fingerprint density at radius 3 is 2.16 bits per heavy atom. The van der Waals surface area contributed by atoms with Crippen molar-refractivity contribution in [3.05, 3.63) is 24.3 Å². The van der Waals surface area contributed by atoms with E-state index in [1.165, 1.54) is 102 Å². The molecule has 0 saturated heterocycles. The molecule has 2 saturated carbocycles. The number of aliphatic hydroxyl groups is 1. The Kier molecular flexibility index (Phi) is 15.9. The highest BCUT2D eigenvalue weighted by Crippen LogP contribution is 2.46. The first-order valence-electron chi connectivity index (χ1n) is 17.2. The third kappa shape index (κ3) is 10.4. The van der Waals surface area contributed by atoms with Gasteiger partial charge in [-0.2, -0.15) is 0 Å². The number of allylic oxidation sites excluding steroid dienone is 3. The molecule has 0 radical (unpaired) electrons. The lowest BCUT2D eigenvalue weighted by atomic mass is 9.62. The Morgan fingerprint density at radius 1 is 0.868 bits per heavy atom. The van der Waals surface area contributed by atoms with Crippen LogP contribution in [0.25, 0.3) is 0 Å². The van der Waals surface area contributed by atoms with Gasteiger partial charge in [0.15, 0.2) is 0 Å². The Morgan fingerprint density at radius 2 is 1.55 bits per heavy atom. The van der Waals surface area contributed by atoms with E-state index in [9.17, 15) is 5.11 Å². The minimum atomic E-state index is -0.143. The third-order valence-corrected chi connectivity index (χ3v) is 11.4. The van der Waals surface area contributed by atoms with Crippen LogP contribution in [0.4, 0.5) is 0 Å². The Bertz CT molecular complexity index is 656. The Hall–Kier alpha value is -0.560. The first kappa shape index (κ1) is 33.6. The van der Waals surface area contributed by atoms with E-state index in [0.29, 0.717) is 11.8 Å². The molecule has 0 spiro atoms. The van der Waals surface area contributed by atoms with Gasteiger partial charge in [-0.15, -0.1) is 0 Å². The summed E-state index contributed by atoms with van der Waals surface area (Å²) in [4.78, 5) is 0. The lowest BCUT2D eigenvalue weighted by molar-refractivity contribution is 0.0108. The number of hydrogen-bond acceptors (Lipinski definition) is 1. The van der Waals surface area contributed by atoms with E-state index in [-0.39, 0.29) is 6.10 Å². The molecule has 0 aromatic rings. The van der Waals surface area contributed by atoms with Crippen molar-refractivity contribution in [3.63, 3.8) is 0 Å². The molecule has 2 fully saturated rings. The van der Waals surface area contributed by atoms with E-state index >= 15 is 0 Å². The summed E-state index contributed by atoms with van der Waals surface area (Å²) in [6, 6.07) is 0. The maximum absolute atomic E-state index is 11.6. The van der Waals surface area contributed by atoms with Crippen LogP contribution >= 0.6 is 0 Å². The summed E-state index contributed by atoms with van der Waals surface area (Å²) in [6.07, 6.45) is 25.2. The van der Waals surface area contributed by atoms with Crippen molar-refractivity contribution in [2.24, 2.45) is 53.3 Å². The van der Waals surface area contributed by atoms with Gasteiger partial charge in [0.2, 0.25) is 0 Å². The van der Waals surface area contributed by atoms with Crippen LogP contribution in [0.15, 0.2) is 24.3 Å². The van der Waals surface area contributed by atoms with Crippen molar-refractivity contribution in [1.29, 1.82) is 0 Å². The summed E-state index contributed by atoms with van der Waals surface area (Å²) in [5.74, 6) is 7.04. The largest absolute Gasteiger partial charge is 0.393 e. The SMILES string of the molecule is C=C/C=C(/C)CCC[C@H](C(CC)C1CCC(C)CC1)C(CC)C(C)[C@H](O)CC[C@@H]1CC[C@@H](C)CC1CCC. The normalized spacial score (nSPS) is 30.8. The van der Waals surface area contributed by atoms with Gasteiger partial charge in [-0.3, -0.25) is 0 Å². The van der Waals surface area contributed by atoms with Crippen LogP contribution in [0.1, 0.15) is 151 Å². The van der Waals surface area contributed by atoms with Crippen molar-refractivity contribution < 1.29 is 5.11 Å². The number of aliphatic hydroxyl groups excluding tert-OH is 1. The molecular weight excluding hydrogens is 460 g/mol. The highest BCUT2D eigenvalue weighted by molar-refractivity contribution is 5.07. The third-order valence-electron chi connectivity index (χ3n) is 11.4. The van der Waals surface area contributed by atoms with Gasteiger partial charge < -0.3 is 5.11 Å². The molecule has 222 valence electrons. The lowest BCUT2D eigenvalue weighted by Crippen LogP contribution is -2.37. The predicted molar refractivity (Wildman–Crippen MR) is 169 cm³/mol. The molecule has 0 amide bonds. The van der Waals surface area contributed by atoms with Crippen molar-refractivity contribution in [3.8, 4) is 0 Å². The quantitative estimate of drug-likeness (QED) is 0.186. The molecule has 0 aromatic carbocycles. The van der Waals surface area contributed by atoms with Gasteiger partial charge >= 0.3 is 0 Å². The second kappa shape index (κ2) is 18.0. The van der Waals surface area contributed by atoms with Crippen LogP contribution < -0.4 is 0 Å². The fourth-order valence-corrected chi connectivity index (χ4v) is 9.01. The minimum Gasteiger partial charge on any atom is -0.393 e. The van der Waals surface area contributed by atoms with Crippen LogP contribution in [0.2, 0.25) is 0 Å². The molecule has 0 aromatic heterocycles. The smallest absolute Gasteiger partial charge is 0.0568 e. The zero-order chi connectivity index (χ0) is 28.1. The number of hydrogen-bond donors (Lipinski definition) is 1. The molecule has 0 bridgehead atoms. The van der Waals surface area contributed by atoms with Gasteiger partial charge in [0.1, 0.15) is 0 Å². The molecular formula is C37H68O. The van der Waals surface area contributed by atoms with Crippen molar-refractivity contribution in [1.82, 2.24) is 0 Å². The van der Waals surface area contributed by atoms with Gasteiger partial charge in [-0.25, -0.2) is 0 Å². The fraction of sp³-hybridized carbons (Fsp3) is 0.892. The average molecular weight is 529 g/mol. The average Bonchev–Trinajstić information content (AvgIpc) is 2.90. The molecule has 0 heterocycles. The zero-order valence-electron chi connectivity index (χ0n) is 26.9. The fourth-order valence-electron chi connectivity index (χ4n) is 9.01. The van der Waals surface area contributed by atoms with E-state index < -0.39 is 0 Å². The second-order valence-corrected chi connectivity index (χ2v) is 14.2. The summed E-state index contributed by atoms with van der Waals surface area (Å²) in [6.45, 7) is 20.7. The molecule has 1 N–H and O–H groups in total. The maximum Gasteiger partial charge on any atom is 0.0568 e. The predicted octanol–water partition coefficient (Wildman–Crippen LogP) is 11.4. The molecule has 8 atom stereocenters. The summed E-state index contributed by atoms with van der Waals surface area (Å²) in [7, 11) is 0. The van der Waals surface area contributed by atoms with E-state index in [1.807, 2.05) is 6.08 Å². The van der Waals surface area contributed by atoms with Crippen LogP contribution in [0.3, 0.4) is 0 Å². The topological polar surface area (TPSA) is 20.2 Å². The van der Waals surface area contributed by atoms with Crippen LogP contribution in [0, 0.1) is 53.3 Å². The summed E-state index contributed by atoms with van der Waals surface area (Å²) >= 11 is 0. The second-order valence-electron chi connectivity index (χ2n) is 14.2. The molecule has 1 heteroatoms. The van der Waals surface area contributed by atoms with Crippen molar-refractivity contribution in [2.75, 3.05) is 0 Å². The zero-order valence-corrected chi connectivity index (χ0v) is 26.9. The molecule has 4 unspecified atom stereocenters. The Balaban J connectivity index is 2.12. The molecule has 38 heavy (non-hydrogen) atoms. The molecule has 2 aliphatic rings. The summed E-state index contributed by atoms with van der Waals surface area (Å²) in [5, 5.41) is 11.6. The van der Waals surface area contributed by atoms with Gasteiger partial charge in [0.05, 0.1) is 6.10 Å². The van der Waals surface area contributed by atoms with Gasteiger partial charge in [0.25, 0.3) is 0 Å². The highest BCUT2D eigenvalue weighted by atomic mass is 16.3. The van der Waals surface area contributed by atoms with Crippen molar-refractivity contribution >= 4 is 0 Å². The van der Waals surface area contributed by atoms with Crippen molar-refractivity contribution in [2.45, 2.75) is 157 Å². The molecule has 2 aliphatic carbocycles. The van der Waals surface area contributed by atoms with Crippen LogP contribution in [-0.2, 0) is 0 Å². The number of rotatable bonds is 17. The van der Waals surface area contributed by atoms with Crippen LogP contribution in [0.5, 0.6) is 0 Å². The Labute approximate surface area is 239 Å². The monoisotopic (exact) mass is 529 g/mol. The van der Waals surface area contributed by atoms with Crippen LogP contribution in [-0.4, -0.2) is 11.2 Å².